The van der Waals surface area contributed by atoms with Crippen LogP contribution in [0.25, 0.3) is 0 Å². The van der Waals surface area contributed by atoms with Gasteiger partial charge in [-0.3, -0.25) is 9.59 Å². The number of aliphatic imine (C=N–C) groups is 1. The van der Waals surface area contributed by atoms with Crippen LogP contribution in [-0.4, -0.2) is 47.3 Å². The molecule has 0 fully saturated rings. The number of amidine groups is 1. The number of hydrogen-bond donors (Lipinski definition) is 1. The lowest BCUT2D eigenvalue weighted by Crippen LogP contribution is -2.45. The molecule has 3 rings (SSSR count). The van der Waals surface area contributed by atoms with Crippen molar-refractivity contribution >= 4 is 28.7 Å². The third-order valence-corrected chi connectivity index (χ3v) is 6.04. The van der Waals surface area contributed by atoms with Crippen LogP contribution in [0.4, 0.5) is 0 Å². The van der Waals surface area contributed by atoms with E-state index in [0.717, 1.165) is 36.5 Å². The van der Waals surface area contributed by atoms with E-state index in [1.807, 2.05) is 60.7 Å². The largest absolute Gasteiger partial charge is 0.304 e. The first-order chi connectivity index (χ1) is 14.1. The molecule has 0 bridgehead atoms. The predicted molar refractivity (Wildman–Crippen MR) is 119 cm³/mol. The Labute approximate surface area is 176 Å². The molecule has 1 aliphatic rings. The number of benzene rings is 2. The number of amides is 2. The van der Waals surface area contributed by atoms with Gasteiger partial charge in [0, 0.05) is 18.2 Å². The minimum atomic E-state index is -0.869. The van der Waals surface area contributed by atoms with Gasteiger partial charge < -0.3 is 10.2 Å². The van der Waals surface area contributed by atoms with E-state index in [2.05, 4.69) is 29.1 Å². The van der Waals surface area contributed by atoms with E-state index < -0.39 is 5.92 Å². The van der Waals surface area contributed by atoms with Crippen molar-refractivity contribution in [2.24, 2.45) is 10.9 Å². The first-order valence-electron chi connectivity index (χ1n) is 10.0. The summed E-state index contributed by atoms with van der Waals surface area (Å²) in [6.45, 7) is 7.09. The summed E-state index contributed by atoms with van der Waals surface area (Å²) in [6, 6.07) is 19.4. The van der Waals surface area contributed by atoms with Gasteiger partial charge in [-0.2, -0.15) is 4.99 Å². The molecule has 2 aromatic carbocycles. The highest BCUT2D eigenvalue weighted by Crippen LogP contribution is 2.34. The fourth-order valence-corrected chi connectivity index (χ4v) is 4.43. The number of hydrogen-bond acceptors (Lipinski definition) is 4. The molecule has 0 spiro atoms. The van der Waals surface area contributed by atoms with Gasteiger partial charge in [0.2, 0.25) is 5.91 Å². The molecule has 1 unspecified atom stereocenters. The summed E-state index contributed by atoms with van der Waals surface area (Å²) in [5.74, 6) is -1.12. The highest BCUT2D eigenvalue weighted by molar-refractivity contribution is 8.13. The summed E-state index contributed by atoms with van der Waals surface area (Å²) in [5.41, 5.74) is 1.86. The van der Waals surface area contributed by atoms with Crippen molar-refractivity contribution in [1.82, 2.24) is 10.2 Å². The maximum atomic E-state index is 13.0. The van der Waals surface area contributed by atoms with Crippen LogP contribution >= 0.6 is 11.8 Å². The molecule has 1 atom stereocenters. The van der Waals surface area contributed by atoms with Gasteiger partial charge in [-0.05, 0) is 24.2 Å². The molecule has 0 saturated carbocycles. The van der Waals surface area contributed by atoms with E-state index in [1.165, 1.54) is 11.8 Å². The predicted octanol–water partition coefficient (Wildman–Crippen LogP) is 3.52. The quantitative estimate of drug-likeness (QED) is 0.678. The Morgan fingerprint density at radius 3 is 2.00 bits per heavy atom. The molecule has 0 aliphatic carbocycles. The Balaban J connectivity index is 1.81. The molecule has 2 amide bonds. The molecule has 0 radical (unpaired) electrons. The van der Waals surface area contributed by atoms with E-state index in [4.69, 9.17) is 0 Å². The maximum absolute atomic E-state index is 13.0. The maximum Gasteiger partial charge on any atom is 0.261 e. The molecule has 0 saturated heterocycles. The lowest BCUT2D eigenvalue weighted by atomic mass is 9.79. The average molecular weight is 410 g/mol. The highest BCUT2D eigenvalue weighted by atomic mass is 32.2. The second kappa shape index (κ2) is 10.4. The Bertz CT molecular complexity index is 811. The third kappa shape index (κ3) is 5.34. The minimum Gasteiger partial charge on any atom is -0.304 e. The molecule has 1 aliphatic heterocycles. The van der Waals surface area contributed by atoms with Crippen LogP contribution in [-0.2, 0) is 9.59 Å². The van der Waals surface area contributed by atoms with Crippen molar-refractivity contribution in [2.75, 3.05) is 25.4 Å². The van der Waals surface area contributed by atoms with Crippen molar-refractivity contribution in [3.05, 3.63) is 71.8 Å². The van der Waals surface area contributed by atoms with Crippen molar-refractivity contribution < 1.29 is 9.59 Å². The van der Waals surface area contributed by atoms with Gasteiger partial charge in [0.1, 0.15) is 5.92 Å². The van der Waals surface area contributed by atoms with Crippen molar-refractivity contribution in [1.29, 1.82) is 0 Å². The molecule has 152 valence electrons. The molecule has 1 N–H and O–H groups in total. The van der Waals surface area contributed by atoms with E-state index in [-0.39, 0.29) is 17.7 Å². The zero-order valence-electron chi connectivity index (χ0n) is 16.9. The zero-order valence-corrected chi connectivity index (χ0v) is 17.7. The summed E-state index contributed by atoms with van der Waals surface area (Å²) in [6.07, 6.45) is 0. The minimum absolute atomic E-state index is 0.284. The lowest BCUT2D eigenvalue weighted by Gasteiger charge is -2.28. The summed E-state index contributed by atoms with van der Waals surface area (Å²) in [5, 5.41) is 3.27. The van der Waals surface area contributed by atoms with Gasteiger partial charge >= 0.3 is 0 Å². The summed E-state index contributed by atoms with van der Waals surface area (Å²) in [4.78, 5) is 32.4. The summed E-state index contributed by atoms with van der Waals surface area (Å²) >= 11 is 1.42. The molecular weight excluding hydrogens is 382 g/mol. The zero-order chi connectivity index (χ0) is 20.6. The molecule has 2 aromatic rings. The van der Waals surface area contributed by atoms with Crippen molar-refractivity contribution in [3.63, 3.8) is 0 Å². The Kier molecular flexibility index (Phi) is 7.61. The van der Waals surface area contributed by atoms with Crippen molar-refractivity contribution in [2.45, 2.75) is 19.8 Å². The van der Waals surface area contributed by atoms with Gasteiger partial charge in [-0.1, -0.05) is 86.3 Å². The van der Waals surface area contributed by atoms with Gasteiger partial charge in [-0.25, -0.2) is 0 Å². The van der Waals surface area contributed by atoms with E-state index in [1.54, 1.807) is 0 Å². The SMILES string of the molecule is CCN(CC)CCSC1=NC(=O)C(C(c2ccccc2)c2ccccc2)C(=O)N1. The normalized spacial score (nSPS) is 16.8. The average Bonchev–Trinajstić information content (AvgIpc) is 2.75. The second-order valence-corrected chi connectivity index (χ2v) is 7.98. The van der Waals surface area contributed by atoms with E-state index in [0.29, 0.717) is 5.17 Å². The van der Waals surface area contributed by atoms with Crippen LogP contribution in [0.5, 0.6) is 0 Å². The molecular formula is C23H27N3O2S. The molecule has 1 heterocycles. The molecule has 0 aromatic heterocycles. The van der Waals surface area contributed by atoms with Crippen LogP contribution in [0.1, 0.15) is 30.9 Å². The summed E-state index contributed by atoms with van der Waals surface area (Å²) in [7, 11) is 0. The highest BCUT2D eigenvalue weighted by Gasteiger charge is 2.40. The fourth-order valence-electron chi connectivity index (χ4n) is 3.56. The fraction of sp³-hybridized carbons (Fsp3) is 0.348. The monoisotopic (exact) mass is 409 g/mol. The van der Waals surface area contributed by atoms with Crippen LogP contribution in [0.15, 0.2) is 65.7 Å². The van der Waals surface area contributed by atoms with Gasteiger partial charge in [-0.15, -0.1) is 0 Å². The van der Waals surface area contributed by atoms with Gasteiger partial charge in [0.05, 0.1) is 0 Å². The number of nitrogens with one attached hydrogen (secondary N) is 1. The number of rotatable bonds is 8. The molecule has 6 heteroatoms. The Morgan fingerprint density at radius 2 is 1.52 bits per heavy atom. The third-order valence-electron chi connectivity index (χ3n) is 5.18. The first-order valence-corrected chi connectivity index (χ1v) is 11.0. The van der Waals surface area contributed by atoms with Crippen LogP contribution in [0, 0.1) is 5.92 Å². The number of nitrogens with zero attached hydrogens (tertiary/aromatic N) is 2. The smallest absolute Gasteiger partial charge is 0.261 e. The number of carbonyl (C=O) groups excluding carboxylic acids is 2. The lowest BCUT2D eigenvalue weighted by molar-refractivity contribution is -0.133. The molecule has 29 heavy (non-hydrogen) atoms. The van der Waals surface area contributed by atoms with Gasteiger partial charge in [0.15, 0.2) is 5.17 Å². The summed E-state index contributed by atoms with van der Waals surface area (Å²) < 4.78 is 0. The number of thioether (sulfide) groups is 1. The Hall–Kier alpha value is -2.44. The topological polar surface area (TPSA) is 61.8 Å². The van der Waals surface area contributed by atoms with E-state index >= 15 is 0 Å². The Morgan fingerprint density at radius 1 is 0.966 bits per heavy atom. The van der Waals surface area contributed by atoms with E-state index in [9.17, 15) is 9.59 Å². The van der Waals surface area contributed by atoms with Crippen LogP contribution in [0.3, 0.4) is 0 Å². The molecule has 5 nitrogen and oxygen atoms in total. The first kappa shape index (κ1) is 21.3. The van der Waals surface area contributed by atoms with Crippen molar-refractivity contribution in [3.8, 4) is 0 Å². The second-order valence-electron chi connectivity index (χ2n) is 6.90. The number of carbonyl (C=O) groups is 2. The van der Waals surface area contributed by atoms with Crippen LogP contribution < -0.4 is 5.32 Å². The standard InChI is InChI=1S/C23H27N3O2S/c1-3-26(4-2)15-16-29-23-24-21(27)20(22(28)25-23)19(17-11-7-5-8-12-17)18-13-9-6-10-14-18/h5-14,19-20H,3-4,15-16H2,1-2H3,(H,24,25,27,28). The van der Waals surface area contributed by atoms with Crippen LogP contribution in [0.2, 0.25) is 0 Å². The van der Waals surface area contributed by atoms with Gasteiger partial charge in [0.25, 0.3) is 5.91 Å².